The summed E-state index contributed by atoms with van der Waals surface area (Å²) in [7, 11) is 1.87. The fourth-order valence-electron chi connectivity index (χ4n) is 3.19. The lowest BCUT2D eigenvalue weighted by Gasteiger charge is -2.25. The number of nitrogens with one attached hydrogen (secondary N) is 1. The van der Waals surface area contributed by atoms with Gasteiger partial charge < -0.3 is 10.1 Å². The SMILES string of the molecule is Cn1cc(-c2ncccc2CNC(=O)C2CCc3ccccc3O2)cn1. The fraction of sp³-hybridized carbons (Fsp3) is 0.250. The van der Waals surface area contributed by atoms with E-state index in [1.165, 1.54) is 0 Å². The predicted molar refractivity (Wildman–Crippen MR) is 97.5 cm³/mol. The molecule has 0 fully saturated rings. The Morgan fingerprint density at radius 1 is 1.31 bits per heavy atom. The molecule has 4 rings (SSSR count). The molecular formula is C20H20N4O2. The minimum atomic E-state index is -0.455. The van der Waals surface area contributed by atoms with Crippen molar-refractivity contribution in [3.8, 4) is 17.0 Å². The Balaban J connectivity index is 1.44. The molecule has 6 heteroatoms. The number of aryl methyl sites for hydroxylation is 2. The summed E-state index contributed by atoms with van der Waals surface area (Å²) in [6, 6.07) is 11.7. The smallest absolute Gasteiger partial charge is 0.261 e. The predicted octanol–water partition coefficient (Wildman–Crippen LogP) is 2.49. The molecule has 0 bridgehead atoms. The van der Waals surface area contributed by atoms with E-state index in [2.05, 4.69) is 15.4 Å². The summed E-state index contributed by atoms with van der Waals surface area (Å²) >= 11 is 0. The van der Waals surface area contributed by atoms with E-state index in [1.807, 2.05) is 49.6 Å². The van der Waals surface area contributed by atoms with Crippen LogP contribution in [-0.2, 0) is 24.8 Å². The Morgan fingerprint density at radius 2 is 2.19 bits per heavy atom. The number of hydrogen-bond donors (Lipinski definition) is 1. The molecule has 0 radical (unpaired) electrons. The first-order valence-corrected chi connectivity index (χ1v) is 8.66. The molecule has 132 valence electrons. The zero-order chi connectivity index (χ0) is 17.9. The van der Waals surface area contributed by atoms with Crippen LogP contribution in [0.1, 0.15) is 17.5 Å². The largest absolute Gasteiger partial charge is 0.480 e. The number of rotatable bonds is 4. The fourth-order valence-corrected chi connectivity index (χ4v) is 3.19. The number of benzene rings is 1. The Bertz CT molecular complexity index is 935. The average Bonchev–Trinajstić information content (AvgIpc) is 3.12. The number of carbonyl (C=O) groups excluding carboxylic acids is 1. The zero-order valence-electron chi connectivity index (χ0n) is 14.6. The Labute approximate surface area is 151 Å². The highest BCUT2D eigenvalue weighted by molar-refractivity contribution is 5.81. The van der Waals surface area contributed by atoms with Crippen LogP contribution in [0.5, 0.6) is 5.75 Å². The number of para-hydroxylation sites is 1. The lowest BCUT2D eigenvalue weighted by molar-refractivity contribution is -0.128. The van der Waals surface area contributed by atoms with E-state index in [9.17, 15) is 4.79 Å². The number of ether oxygens (including phenoxy) is 1. The number of fused-ring (bicyclic) bond motifs is 1. The number of carbonyl (C=O) groups is 1. The number of nitrogens with zero attached hydrogens (tertiary/aromatic N) is 3. The summed E-state index contributed by atoms with van der Waals surface area (Å²) in [5.41, 5.74) is 3.86. The van der Waals surface area contributed by atoms with Crippen LogP contribution in [0.3, 0.4) is 0 Å². The first-order valence-electron chi connectivity index (χ1n) is 8.66. The first-order chi connectivity index (χ1) is 12.7. The highest BCUT2D eigenvalue weighted by atomic mass is 16.5. The van der Waals surface area contributed by atoms with Gasteiger partial charge in [-0.05, 0) is 36.1 Å². The van der Waals surface area contributed by atoms with Gasteiger partial charge in [0.1, 0.15) is 5.75 Å². The summed E-state index contributed by atoms with van der Waals surface area (Å²) in [6.45, 7) is 0.401. The molecule has 0 aliphatic carbocycles. The highest BCUT2D eigenvalue weighted by Gasteiger charge is 2.25. The van der Waals surface area contributed by atoms with Gasteiger partial charge in [-0.25, -0.2) is 0 Å². The van der Waals surface area contributed by atoms with Crippen LogP contribution in [0.15, 0.2) is 55.0 Å². The van der Waals surface area contributed by atoms with Crippen LogP contribution in [0.25, 0.3) is 11.3 Å². The summed E-state index contributed by atoms with van der Waals surface area (Å²) in [4.78, 5) is 17.0. The lowest BCUT2D eigenvalue weighted by Crippen LogP contribution is -2.40. The van der Waals surface area contributed by atoms with Gasteiger partial charge in [-0.1, -0.05) is 24.3 Å². The lowest BCUT2D eigenvalue weighted by atomic mass is 10.0. The van der Waals surface area contributed by atoms with Crippen molar-refractivity contribution in [1.82, 2.24) is 20.1 Å². The van der Waals surface area contributed by atoms with Crippen molar-refractivity contribution in [2.24, 2.45) is 7.05 Å². The van der Waals surface area contributed by atoms with Crippen molar-refractivity contribution in [2.75, 3.05) is 0 Å². The minimum absolute atomic E-state index is 0.0968. The summed E-state index contributed by atoms with van der Waals surface area (Å²) in [5, 5.41) is 7.18. The summed E-state index contributed by atoms with van der Waals surface area (Å²) in [5.74, 6) is 0.705. The Kier molecular flexibility index (Phi) is 4.39. The van der Waals surface area contributed by atoms with Gasteiger partial charge in [0.2, 0.25) is 0 Å². The van der Waals surface area contributed by atoms with Crippen LogP contribution in [-0.4, -0.2) is 26.8 Å². The monoisotopic (exact) mass is 348 g/mol. The summed E-state index contributed by atoms with van der Waals surface area (Å²) < 4.78 is 7.60. The van der Waals surface area contributed by atoms with Gasteiger partial charge >= 0.3 is 0 Å². The van der Waals surface area contributed by atoms with Crippen molar-refractivity contribution in [3.63, 3.8) is 0 Å². The van der Waals surface area contributed by atoms with Gasteiger partial charge in [-0.15, -0.1) is 0 Å². The molecule has 0 saturated heterocycles. The molecule has 0 spiro atoms. The second kappa shape index (κ2) is 7.00. The van der Waals surface area contributed by atoms with Crippen LogP contribution in [0.2, 0.25) is 0 Å². The van der Waals surface area contributed by atoms with Gasteiger partial charge in [-0.2, -0.15) is 5.10 Å². The molecule has 1 N–H and O–H groups in total. The highest BCUT2D eigenvalue weighted by Crippen LogP contribution is 2.27. The maximum atomic E-state index is 12.6. The topological polar surface area (TPSA) is 69.0 Å². The number of hydrogen-bond acceptors (Lipinski definition) is 4. The molecule has 0 saturated carbocycles. The van der Waals surface area contributed by atoms with Crippen molar-refractivity contribution < 1.29 is 9.53 Å². The van der Waals surface area contributed by atoms with Crippen molar-refractivity contribution in [2.45, 2.75) is 25.5 Å². The van der Waals surface area contributed by atoms with Crippen LogP contribution < -0.4 is 10.1 Å². The Hall–Kier alpha value is -3.15. The third-order valence-electron chi connectivity index (χ3n) is 4.53. The van der Waals surface area contributed by atoms with E-state index in [0.717, 1.165) is 34.6 Å². The maximum absolute atomic E-state index is 12.6. The van der Waals surface area contributed by atoms with Crippen molar-refractivity contribution in [3.05, 3.63) is 66.1 Å². The molecule has 1 aliphatic heterocycles. The molecule has 2 aromatic heterocycles. The number of aromatic nitrogens is 3. The normalized spacial score (nSPS) is 15.8. The van der Waals surface area contributed by atoms with E-state index in [1.54, 1.807) is 17.1 Å². The van der Waals surface area contributed by atoms with Gasteiger partial charge in [-0.3, -0.25) is 14.5 Å². The quantitative estimate of drug-likeness (QED) is 0.786. The van der Waals surface area contributed by atoms with E-state index in [4.69, 9.17) is 4.74 Å². The minimum Gasteiger partial charge on any atom is -0.480 e. The van der Waals surface area contributed by atoms with Gasteiger partial charge in [0, 0.05) is 31.5 Å². The zero-order valence-corrected chi connectivity index (χ0v) is 14.6. The van der Waals surface area contributed by atoms with Crippen LogP contribution in [0.4, 0.5) is 0 Å². The van der Waals surface area contributed by atoms with Crippen LogP contribution in [0, 0.1) is 0 Å². The molecule has 1 atom stereocenters. The third kappa shape index (κ3) is 3.31. The molecule has 1 aliphatic rings. The van der Waals surface area contributed by atoms with Crippen LogP contribution >= 0.6 is 0 Å². The molecule has 6 nitrogen and oxygen atoms in total. The molecule has 1 amide bonds. The molecular weight excluding hydrogens is 328 g/mol. The van der Waals surface area contributed by atoms with Crippen molar-refractivity contribution >= 4 is 5.91 Å². The molecule has 1 unspecified atom stereocenters. The second-order valence-electron chi connectivity index (χ2n) is 6.38. The molecule has 3 aromatic rings. The van der Waals surface area contributed by atoms with E-state index in [0.29, 0.717) is 13.0 Å². The molecule has 1 aromatic carbocycles. The van der Waals surface area contributed by atoms with E-state index in [-0.39, 0.29) is 5.91 Å². The first kappa shape index (κ1) is 16.3. The van der Waals surface area contributed by atoms with E-state index >= 15 is 0 Å². The number of amides is 1. The van der Waals surface area contributed by atoms with Crippen molar-refractivity contribution in [1.29, 1.82) is 0 Å². The van der Waals surface area contributed by atoms with Gasteiger partial charge in [0.05, 0.1) is 11.9 Å². The van der Waals surface area contributed by atoms with Gasteiger partial charge in [0.25, 0.3) is 5.91 Å². The average molecular weight is 348 g/mol. The third-order valence-corrected chi connectivity index (χ3v) is 4.53. The molecule has 3 heterocycles. The number of pyridine rings is 1. The standard InChI is InChI=1S/C20H20N4O2/c1-24-13-16(12-23-24)19-15(6-4-10-21-19)11-22-20(25)18-9-8-14-5-2-3-7-17(14)26-18/h2-7,10,12-13,18H,8-9,11H2,1H3,(H,22,25). The molecule has 26 heavy (non-hydrogen) atoms. The Morgan fingerprint density at radius 3 is 3.04 bits per heavy atom. The van der Waals surface area contributed by atoms with E-state index < -0.39 is 6.10 Å². The second-order valence-corrected chi connectivity index (χ2v) is 6.38. The maximum Gasteiger partial charge on any atom is 0.261 e. The summed E-state index contributed by atoms with van der Waals surface area (Å²) in [6.07, 6.45) is 6.51. The van der Waals surface area contributed by atoms with Gasteiger partial charge in [0.15, 0.2) is 6.10 Å².